The highest BCUT2D eigenvalue weighted by Crippen LogP contribution is 2.22. The van der Waals surface area contributed by atoms with Gasteiger partial charge in [0, 0.05) is 0 Å². The highest BCUT2D eigenvalue weighted by Gasteiger charge is 2.18. The van der Waals surface area contributed by atoms with Gasteiger partial charge in [-0.25, -0.2) is 0 Å². The number of carboxylic acids is 1. The van der Waals surface area contributed by atoms with Crippen molar-refractivity contribution in [2.75, 3.05) is 0 Å². The smallest absolute Gasteiger partial charge is 0.310 e. The van der Waals surface area contributed by atoms with Crippen molar-refractivity contribution < 1.29 is 9.90 Å². The van der Waals surface area contributed by atoms with Crippen molar-refractivity contribution in [2.24, 2.45) is 0 Å². The van der Waals surface area contributed by atoms with Crippen LogP contribution in [0.4, 0.5) is 0 Å². The van der Waals surface area contributed by atoms with Gasteiger partial charge >= 0.3 is 5.97 Å². The Labute approximate surface area is 90.9 Å². The van der Waals surface area contributed by atoms with Crippen molar-refractivity contribution in [3.05, 3.63) is 35.9 Å². The van der Waals surface area contributed by atoms with E-state index in [2.05, 4.69) is 13.0 Å². The average molecular weight is 205 g/mol. The number of hydrogen-bond donors (Lipinski definition) is 1. The second kappa shape index (κ2) is 6.23. The third-order valence-corrected chi connectivity index (χ3v) is 2.50. The van der Waals surface area contributed by atoms with Crippen molar-refractivity contribution >= 4 is 5.97 Å². The molecule has 0 bridgehead atoms. The molecule has 1 aromatic rings. The lowest BCUT2D eigenvalue weighted by atomic mass is 9.93. The summed E-state index contributed by atoms with van der Waals surface area (Å²) in [6.07, 6.45) is 3.89. The minimum absolute atomic E-state index is 0.391. The van der Waals surface area contributed by atoms with Gasteiger partial charge in [-0.15, -0.1) is 0 Å². The van der Waals surface area contributed by atoms with E-state index in [1.807, 2.05) is 18.2 Å². The molecule has 1 N–H and O–H groups in total. The summed E-state index contributed by atoms with van der Waals surface area (Å²) in [5.41, 5.74) is 0.793. The van der Waals surface area contributed by atoms with E-state index < -0.39 is 11.9 Å². The van der Waals surface area contributed by atoms with E-state index >= 15 is 0 Å². The molecular formula is C13H17O2. The largest absolute Gasteiger partial charge is 0.481 e. The second-order valence-corrected chi connectivity index (χ2v) is 3.70. The van der Waals surface area contributed by atoms with E-state index in [1.165, 1.54) is 0 Å². The van der Waals surface area contributed by atoms with Crippen LogP contribution in [0.3, 0.4) is 0 Å². The van der Waals surface area contributed by atoms with Gasteiger partial charge in [-0.1, -0.05) is 50.5 Å². The summed E-state index contributed by atoms with van der Waals surface area (Å²) in [6.45, 7) is 2.12. The van der Waals surface area contributed by atoms with Crippen molar-refractivity contribution in [1.82, 2.24) is 0 Å². The summed E-state index contributed by atoms with van der Waals surface area (Å²) in [5.74, 6) is -1.13. The summed E-state index contributed by atoms with van der Waals surface area (Å²) in [5, 5.41) is 9.11. The zero-order valence-electron chi connectivity index (χ0n) is 9.07. The van der Waals surface area contributed by atoms with E-state index in [-0.39, 0.29) is 0 Å². The van der Waals surface area contributed by atoms with Crippen molar-refractivity contribution in [1.29, 1.82) is 0 Å². The van der Waals surface area contributed by atoms with E-state index in [0.29, 0.717) is 6.42 Å². The maximum Gasteiger partial charge on any atom is 0.310 e. The topological polar surface area (TPSA) is 37.3 Å². The number of carbonyl (C=O) groups is 1. The molecule has 1 radical (unpaired) electrons. The Kier molecular flexibility index (Phi) is 4.88. The molecule has 0 aromatic heterocycles. The van der Waals surface area contributed by atoms with Gasteiger partial charge in [-0.2, -0.15) is 0 Å². The summed E-state index contributed by atoms with van der Waals surface area (Å²) in [7, 11) is 0. The molecule has 1 aromatic carbocycles. The highest BCUT2D eigenvalue weighted by molar-refractivity contribution is 5.75. The first-order chi connectivity index (χ1) is 7.25. The van der Waals surface area contributed by atoms with Gasteiger partial charge in [0.2, 0.25) is 0 Å². The predicted molar refractivity (Wildman–Crippen MR) is 59.8 cm³/mol. The zero-order chi connectivity index (χ0) is 11.1. The summed E-state index contributed by atoms with van der Waals surface area (Å²) in [6, 6.07) is 10.3. The van der Waals surface area contributed by atoms with Gasteiger partial charge in [0.15, 0.2) is 0 Å². The molecule has 2 nitrogen and oxygen atoms in total. The Balaban J connectivity index is 2.62. The molecule has 0 heterocycles. The van der Waals surface area contributed by atoms with Gasteiger partial charge in [0.05, 0.1) is 5.92 Å². The number of aliphatic carboxylic acids is 1. The molecule has 1 atom stereocenters. The third-order valence-electron chi connectivity index (χ3n) is 2.50. The minimum Gasteiger partial charge on any atom is -0.481 e. The van der Waals surface area contributed by atoms with Crippen LogP contribution < -0.4 is 0 Å². The van der Waals surface area contributed by atoms with E-state index in [9.17, 15) is 4.79 Å². The Morgan fingerprint density at radius 3 is 2.80 bits per heavy atom. The first-order valence-corrected chi connectivity index (χ1v) is 5.45. The highest BCUT2D eigenvalue weighted by atomic mass is 16.4. The second-order valence-electron chi connectivity index (χ2n) is 3.70. The third kappa shape index (κ3) is 3.74. The Morgan fingerprint density at radius 2 is 2.27 bits per heavy atom. The first kappa shape index (κ1) is 11.8. The van der Waals surface area contributed by atoms with Gasteiger partial charge in [0.25, 0.3) is 0 Å². The van der Waals surface area contributed by atoms with E-state index in [1.54, 1.807) is 6.07 Å². The molecule has 0 saturated carbocycles. The molecule has 2 heteroatoms. The molecular weight excluding hydrogens is 188 g/mol. The Hall–Kier alpha value is -1.31. The Bertz CT molecular complexity index is 293. The molecule has 0 spiro atoms. The number of rotatable bonds is 6. The molecule has 0 aliphatic carbocycles. The number of benzene rings is 1. The summed E-state index contributed by atoms with van der Waals surface area (Å²) < 4.78 is 0. The van der Waals surface area contributed by atoms with Gasteiger partial charge in [-0.3, -0.25) is 4.79 Å². The van der Waals surface area contributed by atoms with Crippen LogP contribution in [0, 0.1) is 6.07 Å². The molecule has 1 unspecified atom stereocenters. The molecule has 0 fully saturated rings. The molecule has 0 saturated heterocycles. The monoisotopic (exact) mass is 205 g/mol. The zero-order valence-corrected chi connectivity index (χ0v) is 9.07. The van der Waals surface area contributed by atoms with E-state index in [0.717, 1.165) is 24.8 Å². The molecule has 0 aliphatic rings. The maximum atomic E-state index is 11.1. The number of unbranched alkanes of at least 4 members (excludes halogenated alkanes) is 2. The van der Waals surface area contributed by atoms with Crippen LogP contribution in [0.25, 0.3) is 0 Å². The van der Waals surface area contributed by atoms with Gasteiger partial charge in [-0.05, 0) is 18.1 Å². The van der Waals surface area contributed by atoms with Crippen LogP contribution >= 0.6 is 0 Å². The number of carboxylic acid groups (broad SMARTS) is 1. The fourth-order valence-corrected chi connectivity index (χ4v) is 1.63. The van der Waals surface area contributed by atoms with Gasteiger partial charge in [0.1, 0.15) is 0 Å². The molecule has 15 heavy (non-hydrogen) atoms. The lowest BCUT2D eigenvalue weighted by Crippen LogP contribution is -2.11. The fraction of sp³-hybridized carbons (Fsp3) is 0.462. The maximum absolute atomic E-state index is 11.1. The average Bonchev–Trinajstić information content (AvgIpc) is 2.25. The first-order valence-electron chi connectivity index (χ1n) is 5.45. The fourth-order valence-electron chi connectivity index (χ4n) is 1.63. The normalized spacial score (nSPS) is 12.3. The van der Waals surface area contributed by atoms with Crippen molar-refractivity contribution in [2.45, 2.75) is 38.5 Å². The van der Waals surface area contributed by atoms with Crippen LogP contribution in [0.2, 0.25) is 0 Å². The SMILES string of the molecule is CCCCCC(C(=O)O)c1[c]cccc1. The van der Waals surface area contributed by atoms with Crippen LogP contribution in [0.15, 0.2) is 24.3 Å². The van der Waals surface area contributed by atoms with Crippen molar-refractivity contribution in [3.63, 3.8) is 0 Å². The van der Waals surface area contributed by atoms with Crippen molar-refractivity contribution in [3.8, 4) is 0 Å². The standard InChI is InChI=1S/C13H17O2/c1-2-3-5-10-12(13(14)15)11-8-6-4-7-9-11/h4,6-8,12H,2-3,5,10H2,1H3,(H,14,15). The van der Waals surface area contributed by atoms with E-state index in [4.69, 9.17) is 5.11 Å². The lowest BCUT2D eigenvalue weighted by Gasteiger charge is -2.11. The van der Waals surface area contributed by atoms with Crippen LogP contribution in [-0.2, 0) is 4.79 Å². The van der Waals surface area contributed by atoms with Gasteiger partial charge < -0.3 is 5.11 Å². The number of hydrogen-bond acceptors (Lipinski definition) is 1. The summed E-state index contributed by atoms with van der Waals surface area (Å²) >= 11 is 0. The predicted octanol–water partition coefficient (Wildman–Crippen LogP) is 3.24. The molecule has 1 rings (SSSR count). The molecule has 0 amide bonds. The quantitative estimate of drug-likeness (QED) is 0.724. The molecule has 0 aliphatic heterocycles. The summed E-state index contributed by atoms with van der Waals surface area (Å²) in [4.78, 5) is 11.1. The minimum atomic E-state index is -0.742. The Morgan fingerprint density at radius 1 is 1.47 bits per heavy atom. The van der Waals surface area contributed by atoms with Crippen LogP contribution in [-0.4, -0.2) is 11.1 Å². The van der Waals surface area contributed by atoms with Crippen LogP contribution in [0.5, 0.6) is 0 Å². The molecule has 81 valence electrons. The lowest BCUT2D eigenvalue weighted by molar-refractivity contribution is -0.139. The van der Waals surface area contributed by atoms with Crippen LogP contribution in [0.1, 0.15) is 44.1 Å².